The molecule has 0 amide bonds. The summed E-state index contributed by atoms with van der Waals surface area (Å²) in [6.07, 6.45) is -0.259. The summed E-state index contributed by atoms with van der Waals surface area (Å²) >= 11 is 0. The summed E-state index contributed by atoms with van der Waals surface area (Å²) in [5.74, 6) is -1.16. The smallest absolute Gasteiger partial charge is 0.317 e. The highest BCUT2D eigenvalue weighted by molar-refractivity contribution is 5.95. The molecule has 9 nitrogen and oxygen atoms in total. The van der Waals surface area contributed by atoms with Crippen molar-refractivity contribution in [2.75, 3.05) is 44.7 Å². The highest BCUT2D eigenvalue weighted by Crippen LogP contribution is 2.30. The number of nitro groups is 1. The first-order valence-electron chi connectivity index (χ1n) is 7.84. The summed E-state index contributed by atoms with van der Waals surface area (Å²) in [4.78, 5) is 36.6. The predicted molar refractivity (Wildman–Crippen MR) is 90.2 cm³/mol. The second kappa shape index (κ2) is 8.04. The number of carbonyl (C=O) groups excluding carboxylic acids is 1. The normalized spacial score (nSPS) is 17.6. The number of nitrogens with zero attached hydrogens (tertiary/aromatic N) is 3. The molecule has 1 unspecified atom stereocenters. The van der Waals surface area contributed by atoms with Gasteiger partial charge in [0.2, 0.25) is 0 Å². The lowest BCUT2D eigenvalue weighted by atomic mass is 10.1. The third-order valence-corrected chi connectivity index (χ3v) is 3.98. The molecule has 1 N–H and O–H groups in total. The molecule has 1 aliphatic heterocycles. The fraction of sp³-hybridized carbons (Fsp3) is 0.500. The maximum Gasteiger partial charge on any atom is 0.317 e. The lowest BCUT2D eigenvalue weighted by Crippen LogP contribution is -2.47. The van der Waals surface area contributed by atoms with Gasteiger partial charge < -0.3 is 14.7 Å². The van der Waals surface area contributed by atoms with Gasteiger partial charge in [0.25, 0.3) is 5.69 Å². The number of ether oxygens (including phenoxy) is 1. The number of benzene rings is 1. The Hall–Kier alpha value is -2.52. The average Bonchev–Trinajstić information content (AvgIpc) is 2.53. The number of hydrogen-bond acceptors (Lipinski definition) is 7. The Morgan fingerprint density at radius 1 is 1.48 bits per heavy atom. The van der Waals surface area contributed by atoms with Crippen molar-refractivity contribution in [2.45, 2.75) is 13.0 Å². The Kier molecular flexibility index (Phi) is 6.05. The van der Waals surface area contributed by atoms with Crippen LogP contribution in [-0.4, -0.2) is 72.6 Å². The fourth-order valence-corrected chi connectivity index (χ4v) is 2.85. The molecular weight excluding hydrogens is 330 g/mol. The Balaban J connectivity index is 2.16. The maximum atomic E-state index is 11.5. The average molecular weight is 351 g/mol. The largest absolute Gasteiger partial charge is 0.480 e. The van der Waals surface area contributed by atoms with Crippen LogP contribution >= 0.6 is 0 Å². The number of carboxylic acids is 1. The monoisotopic (exact) mass is 351 g/mol. The second-order valence-electron chi connectivity index (χ2n) is 6.05. The molecule has 25 heavy (non-hydrogen) atoms. The number of hydrogen-bond donors (Lipinski definition) is 1. The number of morpholine rings is 1. The Morgan fingerprint density at radius 2 is 2.20 bits per heavy atom. The van der Waals surface area contributed by atoms with Crippen molar-refractivity contribution >= 4 is 23.1 Å². The van der Waals surface area contributed by atoms with Crippen LogP contribution < -0.4 is 4.90 Å². The van der Waals surface area contributed by atoms with E-state index in [2.05, 4.69) is 0 Å². The number of carbonyl (C=O) groups is 2. The van der Waals surface area contributed by atoms with Gasteiger partial charge in [0.05, 0.1) is 24.2 Å². The van der Waals surface area contributed by atoms with Crippen LogP contribution in [0.2, 0.25) is 0 Å². The van der Waals surface area contributed by atoms with E-state index in [1.807, 2.05) is 4.90 Å². The summed E-state index contributed by atoms with van der Waals surface area (Å²) in [7, 11) is 1.68. The van der Waals surface area contributed by atoms with Gasteiger partial charge in [-0.2, -0.15) is 0 Å². The lowest BCUT2D eigenvalue weighted by Gasteiger charge is -2.35. The quantitative estimate of drug-likeness (QED) is 0.440. The van der Waals surface area contributed by atoms with E-state index in [0.717, 1.165) is 0 Å². The molecule has 0 radical (unpaired) electrons. The van der Waals surface area contributed by atoms with Gasteiger partial charge in [-0.05, 0) is 26.1 Å². The molecule has 1 aromatic rings. The van der Waals surface area contributed by atoms with Crippen LogP contribution in [0.5, 0.6) is 0 Å². The van der Waals surface area contributed by atoms with Crippen LogP contribution in [0.3, 0.4) is 0 Å². The van der Waals surface area contributed by atoms with E-state index in [9.17, 15) is 19.7 Å². The first-order valence-corrected chi connectivity index (χ1v) is 7.84. The third-order valence-electron chi connectivity index (χ3n) is 3.98. The SMILES string of the molecule is CC(=O)c1ccc(N2CCOC(CN(C)CC(=O)O)C2)c([N+](=O)[O-])c1. The van der Waals surface area contributed by atoms with E-state index in [4.69, 9.17) is 9.84 Å². The maximum absolute atomic E-state index is 11.5. The number of anilines is 1. The molecule has 0 saturated carbocycles. The number of Topliss-reactive ketones (excluding diaryl/α,β-unsaturated/α-hetero) is 1. The van der Waals surface area contributed by atoms with Crippen LogP contribution in [0, 0.1) is 10.1 Å². The van der Waals surface area contributed by atoms with Crippen molar-refractivity contribution in [3.8, 4) is 0 Å². The standard InChI is InChI=1S/C16H21N3O6/c1-11(20)12-3-4-14(15(7-12)19(23)24)18-5-6-25-13(9-18)8-17(2)10-16(21)22/h3-4,7,13H,5-6,8-10H2,1-2H3,(H,21,22). The predicted octanol–water partition coefficient (Wildman–Crippen LogP) is 1.02. The number of rotatable bonds is 7. The molecule has 2 rings (SSSR count). The van der Waals surface area contributed by atoms with Gasteiger partial charge in [-0.3, -0.25) is 24.6 Å². The topological polar surface area (TPSA) is 113 Å². The van der Waals surface area contributed by atoms with Crippen LogP contribution in [0.25, 0.3) is 0 Å². The van der Waals surface area contributed by atoms with Crippen molar-refractivity contribution in [1.29, 1.82) is 0 Å². The van der Waals surface area contributed by atoms with Crippen molar-refractivity contribution in [2.24, 2.45) is 0 Å². The van der Waals surface area contributed by atoms with E-state index in [-0.39, 0.29) is 24.1 Å². The Morgan fingerprint density at radius 3 is 2.80 bits per heavy atom. The van der Waals surface area contributed by atoms with Gasteiger partial charge >= 0.3 is 5.97 Å². The summed E-state index contributed by atoms with van der Waals surface area (Å²) < 4.78 is 5.64. The van der Waals surface area contributed by atoms with E-state index in [1.54, 1.807) is 24.1 Å². The van der Waals surface area contributed by atoms with E-state index in [0.29, 0.717) is 37.5 Å². The molecule has 136 valence electrons. The molecule has 0 spiro atoms. The third kappa shape index (κ3) is 4.97. The number of nitro benzene ring substituents is 1. The van der Waals surface area contributed by atoms with Gasteiger partial charge in [-0.25, -0.2) is 0 Å². The molecule has 1 aliphatic rings. The first-order chi connectivity index (χ1) is 11.8. The van der Waals surface area contributed by atoms with Gasteiger partial charge in [0.1, 0.15) is 5.69 Å². The van der Waals surface area contributed by atoms with Gasteiger partial charge in [0, 0.05) is 31.3 Å². The molecule has 0 bridgehead atoms. The zero-order valence-corrected chi connectivity index (χ0v) is 14.2. The molecule has 1 aromatic carbocycles. The summed E-state index contributed by atoms with van der Waals surface area (Å²) in [6.45, 7) is 2.94. The summed E-state index contributed by atoms with van der Waals surface area (Å²) in [5.41, 5.74) is 0.609. The fourth-order valence-electron chi connectivity index (χ4n) is 2.85. The second-order valence-corrected chi connectivity index (χ2v) is 6.05. The van der Waals surface area contributed by atoms with Crippen molar-refractivity contribution in [3.63, 3.8) is 0 Å². The number of likely N-dealkylation sites (N-methyl/N-ethyl adjacent to an activating group) is 1. The molecule has 1 heterocycles. The minimum atomic E-state index is -0.925. The van der Waals surface area contributed by atoms with Gasteiger partial charge in [0.15, 0.2) is 5.78 Å². The van der Waals surface area contributed by atoms with E-state index < -0.39 is 10.9 Å². The first kappa shape index (κ1) is 18.8. The zero-order valence-electron chi connectivity index (χ0n) is 14.2. The molecule has 1 atom stereocenters. The number of aliphatic carboxylic acids is 1. The molecule has 9 heteroatoms. The Labute approximate surface area is 144 Å². The summed E-state index contributed by atoms with van der Waals surface area (Å²) in [6, 6.07) is 4.45. The zero-order chi connectivity index (χ0) is 18.6. The van der Waals surface area contributed by atoms with Crippen molar-refractivity contribution in [1.82, 2.24) is 4.90 Å². The molecule has 1 saturated heterocycles. The lowest BCUT2D eigenvalue weighted by molar-refractivity contribution is -0.384. The minimum Gasteiger partial charge on any atom is -0.480 e. The molecule has 0 aliphatic carbocycles. The van der Waals surface area contributed by atoms with Gasteiger partial charge in [-0.1, -0.05) is 0 Å². The van der Waals surface area contributed by atoms with Gasteiger partial charge in [-0.15, -0.1) is 0 Å². The van der Waals surface area contributed by atoms with E-state index >= 15 is 0 Å². The van der Waals surface area contributed by atoms with Crippen molar-refractivity contribution in [3.05, 3.63) is 33.9 Å². The summed E-state index contributed by atoms with van der Waals surface area (Å²) in [5, 5.41) is 20.2. The molecule has 0 aromatic heterocycles. The number of ketones is 1. The van der Waals surface area contributed by atoms with E-state index in [1.165, 1.54) is 13.0 Å². The minimum absolute atomic E-state index is 0.104. The molecule has 1 fully saturated rings. The highest BCUT2D eigenvalue weighted by Gasteiger charge is 2.27. The number of carboxylic acid groups (broad SMARTS) is 1. The van der Waals surface area contributed by atoms with Crippen LogP contribution in [-0.2, 0) is 9.53 Å². The highest BCUT2D eigenvalue weighted by atomic mass is 16.6. The van der Waals surface area contributed by atoms with Crippen LogP contribution in [0.15, 0.2) is 18.2 Å². The molecular formula is C16H21N3O6. The Bertz CT molecular complexity index is 678. The van der Waals surface area contributed by atoms with Crippen LogP contribution in [0.1, 0.15) is 17.3 Å². The van der Waals surface area contributed by atoms with Crippen LogP contribution in [0.4, 0.5) is 11.4 Å². The van der Waals surface area contributed by atoms with Crippen molar-refractivity contribution < 1.29 is 24.4 Å².